The first-order valence-corrected chi connectivity index (χ1v) is 6.07. The molecule has 0 fully saturated rings. The largest absolute Gasteiger partial charge is 0.493 e. The van der Waals surface area contributed by atoms with Crippen molar-refractivity contribution in [3.63, 3.8) is 0 Å². The van der Waals surface area contributed by atoms with Gasteiger partial charge in [0.25, 0.3) is 0 Å². The third-order valence-electron chi connectivity index (χ3n) is 2.30. The number of hydrogen-bond acceptors (Lipinski definition) is 5. The Morgan fingerprint density at radius 1 is 1.47 bits per heavy atom. The van der Waals surface area contributed by atoms with Gasteiger partial charge >= 0.3 is 5.97 Å². The molecule has 0 saturated carbocycles. The minimum Gasteiger partial charge on any atom is -0.493 e. The second-order valence-corrected chi connectivity index (χ2v) is 4.07. The van der Waals surface area contributed by atoms with Gasteiger partial charge in [0.15, 0.2) is 17.6 Å². The molecular formula is C13H15ClO5. The number of esters is 1. The second-order valence-electron chi connectivity index (χ2n) is 3.66. The maximum atomic E-state index is 11.5. The van der Waals surface area contributed by atoms with Gasteiger partial charge in [0, 0.05) is 5.56 Å². The Balaban J connectivity index is 3.00. The number of halogens is 1. The summed E-state index contributed by atoms with van der Waals surface area (Å²) in [6.07, 6.45) is -0.180. The van der Waals surface area contributed by atoms with Gasteiger partial charge in [-0.25, -0.2) is 4.79 Å². The van der Waals surface area contributed by atoms with Gasteiger partial charge in [-0.15, -0.1) is 0 Å². The predicted octanol–water partition coefficient (Wildman–Crippen LogP) is 2.49. The molecular weight excluding hydrogens is 272 g/mol. The SMILES string of the molecule is CCOC(=O)C(C)Oc1c(Cl)cc(C=O)cc1OC. The summed E-state index contributed by atoms with van der Waals surface area (Å²) >= 11 is 6.00. The normalized spacial score (nSPS) is 11.6. The second kappa shape index (κ2) is 6.99. The van der Waals surface area contributed by atoms with Gasteiger partial charge in [-0.3, -0.25) is 4.79 Å². The van der Waals surface area contributed by atoms with Crippen LogP contribution in [0.4, 0.5) is 0 Å². The molecule has 0 aliphatic carbocycles. The van der Waals surface area contributed by atoms with Crippen LogP contribution in [-0.4, -0.2) is 32.1 Å². The van der Waals surface area contributed by atoms with Crippen molar-refractivity contribution in [1.82, 2.24) is 0 Å². The van der Waals surface area contributed by atoms with Gasteiger partial charge in [0.2, 0.25) is 0 Å². The molecule has 0 bridgehead atoms. The maximum absolute atomic E-state index is 11.5. The van der Waals surface area contributed by atoms with Crippen LogP contribution in [0.1, 0.15) is 24.2 Å². The standard InChI is InChI=1S/C13H15ClO5/c1-4-18-13(16)8(2)19-12-10(14)5-9(7-15)6-11(12)17-3/h5-8H,4H2,1-3H3. The fourth-order valence-corrected chi connectivity index (χ4v) is 1.67. The van der Waals surface area contributed by atoms with Gasteiger partial charge in [-0.2, -0.15) is 0 Å². The summed E-state index contributed by atoms with van der Waals surface area (Å²) < 4.78 is 15.4. The Morgan fingerprint density at radius 3 is 2.68 bits per heavy atom. The molecule has 1 aromatic carbocycles. The summed E-state index contributed by atoms with van der Waals surface area (Å²) in [5, 5.41) is 0.192. The van der Waals surface area contributed by atoms with E-state index in [2.05, 4.69) is 0 Å². The van der Waals surface area contributed by atoms with Crippen LogP contribution in [0, 0.1) is 0 Å². The van der Waals surface area contributed by atoms with E-state index >= 15 is 0 Å². The lowest BCUT2D eigenvalue weighted by atomic mass is 10.2. The number of benzene rings is 1. The molecule has 104 valence electrons. The van der Waals surface area contributed by atoms with Crippen LogP contribution in [0.15, 0.2) is 12.1 Å². The zero-order valence-electron chi connectivity index (χ0n) is 10.9. The minimum atomic E-state index is -0.826. The Kier molecular flexibility index (Phi) is 5.63. The van der Waals surface area contributed by atoms with E-state index in [1.54, 1.807) is 13.8 Å². The molecule has 0 N–H and O–H groups in total. The molecule has 1 atom stereocenters. The zero-order valence-corrected chi connectivity index (χ0v) is 11.7. The Morgan fingerprint density at radius 2 is 2.16 bits per heavy atom. The molecule has 0 spiro atoms. The molecule has 1 aromatic rings. The Bertz CT molecular complexity index is 472. The van der Waals surface area contributed by atoms with E-state index in [9.17, 15) is 9.59 Å². The monoisotopic (exact) mass is 286 g/mol. The molecule has 1 rings (SSSR count). The van der Waals surface area contributed by atoms with Crippen LogP contribution in [-0.2, 0) is 9.53 Å². The molecule has 5 nitrogen and oxygen atoms in total. The van der Waals surface area contributed by atoms with Crippen LogP contribution in [0.5, 0.6) is 11.5 Å². The van der Waals surface area contributed by atoms with Gasteiger partial charge in [0.1, 0.15) is 6.29 Å². The molecule has 0 aliphatic rings. The van der Waals surface area contributed by atoms with E-state index in [0.717, 1.165) is 0 Å². The van der Waals surface area contributed by atoms with Crippen molar-refractivity contribution >= 4 is 23.9 Å². The van der Waals surface area contributed by atoms with E-state index in [4.69, 9.17) is 25.8 Å². The van der Waals surface area contributed by atoms with Crippen molar-refractivity contribution < 1.29 is 23.8 Å². The van der Waals surface area contributed by atoms with Crippen molar-refractivity contribution in [2.45, 2.75) is 20.0 Å². The topological polar surface area (TPSA) is 61.8 Å². The number of methoxy groups -OCH3 is 1. The summed E-state index contributed by atoms with van der Waals surface area (Å²) in [7, 11) is 1.42. The van der Waals surface area contributed by atoms with Crippen molar-refractivity contribution in [3.05, 3.63) is 22.7 Å². The van der Waals surface area contributed by atoms with Gasteiger partial charge in [0.05, 0.1) is 18.7 Å². The third kappa shape index (κ3) is 3.86. The third-order valence-corrected chi connectivity index (χ3v) is 2.58. The van der Waals surface area contributed by atoms with Crippen molar-refractivity contribution in [2.24, 2.45) is 0 Å². The lowest BCUT2D eigenvalue weighted by Crippen LogP contribution is -2.26. The number of carbonyl (C=O) groups is 2. The number of ether oxygens (including phenoxy) is 3. The van der Waals surface area contributed by atoms with Gasteiger partial charge in [-0.1, -0.05) is 11.6 Å². The highest BCUT2D eigenvalue weighted by Gasteiger charge is 2.20. The van der Waals surface area contributed by atoms with E-state index in [-0.39, 0.29) is 23.1 Å². The number of rotatable bonds is 6. The van der Waals surface area contributed by atoms with Crippen LogP contribution in [0.2, 0.25) is 5.02 Å². The van der Waals surface area contributed by atoms with Gasteiger partial charge in [-0.05, 0) is 26.0 Å². The molecule has 0 heterocycles. The van der Waals surface area contributed by atoms with E-state index in [1.165, 1.54) is 19.2 Å². The molecule has 0 aliphatic heterocycles. The van der Waals surface area contributed by atoms with Gasteiger partial charge < -0.3 is 14.2 Å². The van der Waals surface area contributed by atoms with Crippen molar-refractivity contribution in [3.8, 4) is 11.5 Å². The first-order valence-electron chi connectivity index (χ1n) is 5.69. The molecule has 0 radical (unpaired) electrons. The highest BCUT2D eigenvalue weighted by molar-refractivity contribution is 6.32. The van der Waals surface area contributed by atoms with Crippen LogP contribution < -0.4 is 9.47 Å². The smallest absolute Gasteiger partial charge is 0.347 e. The maximum Gasteiger partial charge on any atom is 0.347 e. The summed E-state index contributed by atoms with van der Waals surface area (Å²) in [6.45, 7) is 3.51. The number of hydrogen-bond donors (Lipinski definition) is 0. The molecule has 19 heavy (non-hydrogen) atoms. The summed E-state index contributed by atoms with van der Waals surface area (Å²) in [5.41, 5.74) is 0.359. The quantitative estimate of drug-likeness (QED) is 0.594. The van der Waals surface area contributed by atoms with Crippen LogP contribution in [0.25, 0.3) is 0 Å². The lowest BCUT2D eigenvalue weighted by molar-refractivity contribution is -0.150. The fraction of sp³-hybridized carbons (Fsp3) is 0.385. The minimum absolute atomic E-state index is 0.192. The first kappa shape index (κ1) is 15.3. The molecule has 0 saturated heterocycles. The van der Waals surface area contributed by atoms with E-state index < -0.39 is 12.1 Å². The fourth-order valence-electron chi connectivity index (χ4n) is 1.41. The van der Waals surface area contributed by atoms with E-state index in [0.29, 0.717) is 11.8 Å². The average Bonchev–Trinajstić information content (AvgIpc) is 2.40. The number of carbonyl (C=O) groups excluding carboxylic acids is 2. The highest BCUT2D eigenvalue weighted by Crippen LogP contribution is 2.36. The Labute approximate surface area is 116 Å². The lowest BCUT2D eigenvalue weighted by Gasteiger charge is -2.17. The van der Waals surface area contributed by atoms with Crippen LogP contribution >= 0.6 is 11.6 Å². The summed E-state index contributed by atoms with van der Waals surface area (Å²) in [4.78, 5) is 22.2. The number of aldehydes is 1. The average molecular weight is 287 g/mol. The molecule has 6 heteroatoms. The first-order chi connectivity index (χ1) is 9.03. The van der Waals surface area contributed by atoms with Crippen LogP contribution in [0.3, 0.4) is 0 Å². The van der Waals surface area contributed by atoms with Crippen molar-refractivity contribution in [1.29, 1.82) is 0 Å². The molecule has 1 unspecified atom stereocenters. The summed E-state index contributed by atoms with van der Waals surface area (Å²) in [5.74, 6) is -0.0128. The molecule has 0 aromatic heterocycles. The van der Waals surface area contributed by atoms with Crippen molar-refractivity contribution in [2.75, 3.05) is 13.7 Å². The molecule has 0 amide bonds. The summed E-state index contributed by atoms with van der Waals surface area (Å²) in [6, 6.07) is 2.91. The predicted molar refractivity (Wildman–Crippen MR) is 70.1 cm³/mol. The van der Waals surface area contributed by atoms with E-state index in [1.807, 2.05) is 0 Å². The zero-order chi connectivity index (χ0) is 14.4. The Hall–Kier alpha value is -1.75. The highest BCUT2D eigenvalue weighted by atomic mass is 35.5.